The highest BCUT2D eigenvalue weighted by Gasteiger charge is 2.29. The Balaban J connectivity index is 0.00000380. The fraction of sp³-hybridized carbons (Fsp3) is 0.536. The summed E-state index contributed by atoms with van der Waals surface area (Å²) >= 11 is 5.90. The van der Waals surface area contributed by atoms with Gasteiger partial charge in [0, 0.05) is 61.3 Å². The molecular weight excluding hydrogens is 519 g/mol. The van der Waals surface area contributed by atoms with Crippen molar-refractivity contribution in [3.63, 3.8) is 0 Å². The van der Waals surface area contributed by atoms with E-state index in [2.05, 4.69) is 21.9 Å². The number of carbonyl (C=O) groups is 1. The van der Waals surface area contributed by atoms with E-state index in [4.69, 9.17) is 11.6 Å². The predicted octanol–water partition coefficient (Wildman–Crippen LogP) is 6.97. The number of likely N-dealkylation sites (tertiary alicyclic amines) is 1. The molecule has 1 amide bonds. The van der Waals surface area contributed by atoms with Crippen LogP contribution in [0.2, 0.25) is 5.02 Å². The number of piperidine rings is 1. The van der Waals surface area contributed by atoms with Gasteiger partial charge in [0.1, 0.15) is 0 Å². The molecule has 2 saturated heterocycles. The van der Waals surface area contributed by atoms with E-state index < -0.39 is 5.51 Å². The van der Waals surface area contributed by atoms with E-state index in [-0.39, 0.29) is 30.0 Å². The van der Waals surface area contributed by atoms with Crippen LogP contribution in [0.25, 0.3) is 0 Å². The molecule has 0 bridgehead atoms. The van der Waals surface area contributed by atoms with Gasteiger partial charge in [-0.15, -0.1) is 0 Å². The van der Waals surface area contributed by atoms with Crippen molar-refractivity contribution in [2.45, 2.75) is 49.9 Å². The standard InChI is InChI=1S/C27H33ClF3N3OS.CH4/c28-23-7-9-24(10-8-23)33-17-15-32(16-18-33)13-2-4-26(35)34-14-1-3-22(20-34)19-21-5-11-25(12-6-21)36-27(29,30)31;/h5-12,22H,1-4,13-20H2;1H4/t22-;/m1./s1. The number of carbonyl (C=O) groups excluding carboxylic acids is 1. The molecule has 37 heavy (non-hydrogen) atoms. The molecule has 0 N–H and O–H groups in total. The Morgan fingerprint density at radius 2 is 1.65 bits per heavy atom. The highest BCUT2D eigenvalue weighted by atomic mass is 35.5. The zero-order chi connectivity index (χ0) is 25.5. The predicted molar refractivity (Wildman–Crippen MR) is 147 cm³/mol. The summed E-state index contributed by atoms with van der Waals surface area (Å²) in [7, 11) is 0. The second-order valence-electron chi connectivity index (χ2n) is 9.65. The van der Waals surface area contributed by atoms with E-state index in [1.807, 2.05) is 17.0 Å². The fourth-order valence-corrected chi connectivity index (χ4v) is 5.78. The molecule has 204 valence electrons. The molecule has 0 aliphatic carbocycles. The molecule has 2 aromatic carbocycles. The van der Waals surface area contributed by atoms with Crippen molar-refractivity contribution >= 4 is 35.0 Å². The third kappa shape index (κ3) is 9.41. The van der Waals surface area contributed by atoms with Crippen molar-refractivity contribution < 1.29 is 18.0 Å². The number of nitrogens with zero attached hydrogens (tertiary/aromatic N) is 3. The first kappa shape index (κ1) is 29.7. The van der Waals surface area contributed by atoms with E-state index in [1.54, 1.807) is 12.1 Å². The molecule has 0 spiro atoms. The van der Waals surface area contributed by atoms with Crippen LogP contribution in [0.15, 0.2) is 53.4 Å². The minimum absolute atomic E-state index is 0. The first-order chi connectivity index (χ1) is 17.2. The number of anilines is 1. The van der Waals surface area contributed by atoms with Crippen molar-refractivity contribution in [2.75, 3.05) is 50.7 Å². The van der Waals surface area contributed by atoms with Crippen LogP contribution >= 0.6 is 23.4 Å². The third-order valence-electron chi connectivity index (χ3n) is 6.98. The average molecular weight is 556 g/mol. The van der Waals surface area contributed by atoms with Crippen LogP contribution in [0.1, 0.15) is 38.7 Å². The van der Waals surface area contributed by atoms with Crippen LogP contribution in [0.4, 0.5) is 18.9 Å². The summed E-state index contributed by atoms with van der Waals surface area (Å²) in [6.45, 7) is 6.39. The number of piperazine rings is 1. The summed E-state index contributed by atoms with van der Waals surface area (Å²) in [5, 5.41) is 0.750. The SMILES string of the molecule is C.O=C(CCCN1CCN(c2ccc(Cl)cc2)CC1)N1CCC[C@H](Cc2ccc(SC(F)(F)F)cc2)C1. The van der Waals surface area contributed by atoms with Crippen molar-refractivity contribution in [3.8, 4) is 0 Å². The molecule has 0 unspecified atom stereocenters. The van der Waals surface area contributed by atoms with Gasteiger partial charge in [0.2, 0.25) is 5.91 Å². The number of hydrogen-bond acceptors (Lipinski definition) is 4. The van der Waals surface area contributed by atoms with E-state index in [0.29, 0.717) is 12.3 Å². The Kier molecular flexibility index (Phi) is 11.0. The van der Waals surface area contributed by atoms with E-state index in [0.717, 1.165) is 82.1 Å². The third-order valence-corrected chi connectivity index (χ3v) is 7.97. The summed E-state index contributed by atoms with van der Waals surface area (Å²) in [5.41, 5.74) is -2.04. The zero-order valence-electron chi connectivity index (χ0n) is 20.4. The normalized spacial score (nSPS) is 19.0. The Morgan fingerprint density at radius 3 is 2.30 bits per heavy atom. The maximum absolute atomic E-state index is 12.9. The summed E-state index contributed by atoms with van der Waals surface area (Å²) < 4.78 is 37.6. The number of rotatable bonds is 8. The number of hydrogen-bond donors (Lipinski definition) is 0. The lowest BCUT2D eigenvalue weighted by Crippen LogP contribution is -2.47. The smallest absolute Gasteiger partial charge is 0.369 e. The maximum atomic E-state index is 12.9. The lowest BCUT2D eigenvalue weighted by molar-refractivity contribution is -0.133. The Bertz CT molecular complexity index is 980. The van der Waals surface area contributed by atoms with E-state index >= 15 is 0 Å². The topological polar surface area (TPSA) is 26.8 Å². The molecule has 2 aliphatic rings. The highest BCUT2D eigenvalue weighted by Crippen LogP contribution is 2.37. The monoisotopic (exact) mass is 555 g/mol. The van der Waals surface area contributed by atoms with Gasteiger partial charge in [-0.25, -0.2) is 0 Å². The van der Waals surface area contributed by atoms with Crippen molar-refractivity contribution in [3.05, 3.63) is 59.1 Å². The van der Waals surface area contributed by atoms with E-state index in [9.17, 15) is 18.0 Å². The van der Waals surface area contributed by atoms with Gasteiger partial charge in [-0.1, -0.05) is 31.2 Å². The molecule has 4 rings (SSSR count). The van der Waals surface area contributed by atoms with Gasteiger partial charge in [0.05, 0.1) is 0 Å². The molecule has 0 saturated carbocycles. The van der Waals surface area contributed by atoms with E-state index in [1.165, 1.54) is 17.8 Å². The molecule has 9 heteroatoms. The first-order valence-corrected chi connectivity index (χ1v) is 13.8. The van der Waals surface area contributed by atoms with Gasteiger partial charge >= 0.3 is 5.51 Å². The van der Waals surface area contributed by atoms with Crippen LogP contribution < -0.4 is 4.90 Å². The zero-order valence-corrected chi connectivity index (χ0v) is 21.9. The largest absolute Gasteiger partial charge is 0.446 e. The molecule has 0 radical (unpaired) electrons. The van der Waals surface area contributed by atoms with Gasteiger partial charge in [0.15, 0.2) is 0 Å². The second-order valence-corrected chi connectivity index (χ2v) is 11.2. The minimum Gasteiger partial charge on any atom is -0.369 e. The first-order valence-electron chi connectivity index (χ1n) is 12.6. The van der Waals surface area contributed by atoms with Crippen LogP contribution in [0.5, 0.6) is 0 Å². The number of halogens is 4. The summed E-state index contributed by atoms with van der Waals surface area (Å²) in [5.74, 6) is 0.571. The lowest BCUT2D eigenvalue weighted by Gasteiger charge is -2.36. The second kappa shape index (κ2) is 13.8. The van der Waals surface area contributed by atoms with Crippen LogP contribution in [-0.4, -0.2) is 67.0 Å². The van der Waals surface area contributed by atoms with Crippen LogP contribution in [0, 0.1) is 5.92 Å². The van der Waals surface area contributed by atoms with Gasteiger partial charge in [0.25, 0.3) is 0 Å². The van der Waals surface area contributed by atoms with Gasteiger partial charge in [-0.2, -0.15) is 13.2 Å². The molecule has 1 atom stereocenters. The number of benzene rings is 2. The summed E-state index contributed by atoms with van der Waals surface area (Å²) in [6, 6.07) is 14.6. The Morgan fingerprint density at radius 1 is 0.973 bits per heavy atom. The van der Waals surface area contributed by atoms with Crippen molar-refractivity contribution in [2.24, 2.45) is 5.92 Å². The van der Waals surface area contributed by atoms with Gasteiger partial charge in [-0.3, -0.25) is 9.69 Å². The van der Waals surface area contributed by atoms with Crippen LogP contribution in [-0.2, 0) is 11.2 Å². The van der Waals surface area contributed by atoms with Gasteiger partial charge < -0.3 is 9.80 Å². The number of alkyl halides is 3. The molecule has 2 fully saturated rings. The Labute approximate surface area is 228 Å². The molecule has 2 heterocycles. The summed E-state index contributed by atoms with van der Waals surface area (Å²) in [4.78, 5) is 19.9. The fourth-order valence-electron chi connectivity index (χ4n) is 5.11. The molecule has 2 aromatic rings. The van der Waals surface area contributed by atoms with Gasteiger partial charge in [-0.05, 0) is 91.9 Å². The number of amides is 1. The molecule has 4 nitrogen and oxygen atoms in total. The Hall–Kier alpha value is -1.90. The van der Waals surface area contributed by atoms with Crippen LogP contribution in [0.3, 0.4) is 0 Å². The minimum atomic E-state index is -4.27. The summed E-state index contributed by atoms with van der Waals surface area (Å²) in [6.07, 6.45) is 4.23. The average Bonchev–Trinajstić information content (AvgIpc) is 2.85. The molecular formula is C28H37ClF3N3OS. The molecule has 0 aromatic heterocycles. The lowest BCUT2D eigenvalue weighted by atomic mass is 9.91. The van der Waals surface area contributed by atoms with Crippen molar-refractivity contribution in [1.29, 1.82) is 0 Å². The molecule has 2 aliphatic heterocycles. The van der Waals surface area contributed by atoms with Crippen molar-refractivity contribution in [1.82, 2.24) is 9.80 Å². The quantitative estimate of drug-likeness (QED) is 0.329. The number of thioether (sulfide) groups is 1. The highest BCUT2D eigenvalue weighted by molar-refractivity contribution is 8.00. The maximum Gasteiger partial charge on any atom is 0.446 e.